The molecule has 0 spiro atoms. The standard InChI is InChI=1S/C24H42O7/c1-2-3-4-5-6-7-8-9-10-11-12-13-14-15-16-17-20(26)30-18-19(25)23-21(27)22(28)24(29)31-23/h19,23,25,27-28H,2-18H2,1H3/t19-,23-/m0/s1. The van der Waals surface area contributed by atoms with Gasteiger partial charge in [0.15, 0.2) is 11.9 Å². The van der Waals surface area contributed by atoms with Gasteiger partial charge in [-0.05, 0) is 6.42 Å². The minimum absolute atomic E-state index is 0.266. The van der Waals surface area contributed by atoms with E-state index in [2.05, 4.69) is 11.7 Å². The molecule has 0 amide bonds. The number of aliphatic hydroxyl groups excluding tert-OH is 3. The van der Waals surface area contributed by atoms with Gasteiger partial charge >= 0.3 is 11.9 Å². The fourth-order valence-corrected chi connectivity index (χ4v) is 3.71. The van der Waals surface area contributed by atoms with Crippen molar-refractivity contribution in [3.05, 3.63) is 11.5 Å². The number of aliphatic hydroxyl groups is 3. The summed E-state index contributed by atoms with van der Waals surface area (Å²) in [6.07, 6.45) is 16.2. The Bertz CT molecular complexity index is 544. The summed E-state index contributed by atoms with van der Waals surface area (Å²) < 4.78 is 9.57. The summed E-state index contributed by atoms with van der Waals surface area (Å²) in [5.41, 5.74) is 0. The van der Waals surface area contributed by atoms with Gasteiger partial charge in [-0.3, -0.25) is 4.79 Å². The molecule has 1 aliphatic rings. The molecule has 0 aromatic carbocycles. The van der Waals surface area contributed by atoms with Gasteiger partial charge in [0.2, 0.25) is 5.76 Å². The topological polar surface area (TPSA) is 113 Å². The fourth-order valence-electron chi connectivity index (χ4n) is 3.71. The molecule has 1 aliphatic heterocycles. The Labute approximate surface area is 186 Å². The molecule has 0 aromatic heterocycles. The van der Waals surface area contributed by atoms with Gasteiger partial charge in [-0.15, -0.1) is 0 Å². The number of unbranched alkanes of at least 4 members (excludes halogenated alkanes) is 14. The maximum atomic E-state index is 11.7. The van der Waals surface area contributed by atoms with Crippen molar-refractivity contribution in [1.29, 1.82) is 0 Å². The highest BCUT2D eigenvalue weighted by Crippen LogP contribution is 2.21. The van der Waals surface area contributed by atoms with Crippen LogP contribution < -0.4 is 0 Å². The Balaban J connectivity index is 1.88. The van der Waals surface area contributed by atoms with Crippen molar-refractivity contribution < 1.29 is 34.4 Å². The number of carbonyl (C=O) groups excluding carboxylic acids is 2. The molecule has 7 nitrogen and oxygen atoms in total. The van der Waals surface area contributed by atoms with Crippen molar-refractivity contribution in [3.63, 3.8) is 0 Å². The van der Waals surface area contributed by atoms with Crippen molar-refractivity contribution in [3.8, 4) is 0 Å². The lowest BCUT2D eigenvalue weighted by atomic mass is 10.0. The molecule has 7 heteroatoms. The molecule has 0 aliphatic carbocycles. The third-order valence-corrected chi connectivity index (χ3v) is 5.69. The quantitative estimate of drug-likeness (QED) is 0.181. The highest BCUT2D eigenvalue weighted by atomic mass is 16.6. The highest BCUT2D eigenvalue weighted by Gasteiger charge is 2.39. The smallest absolute Gasteiger partial charge is 0.377 e. The van der Waals surface area contributed by atoms with E-state index in [4.69, 9.17) is 4.74 Å². The van der Waals surface area contributed by atoms with E-state index >= 15 is 0 Å². The molecule has 2 atom stereocenters. The van der Waals surface area contributed by atoms with E-state index in [0.717, 1.165) is 19.3 Å². The zero-order valence-corrected chi connectivity index (χ0v) is 19.2. The van der Waals surface area contributed by atoms with Crippen LogP contribution in [-0.4, -0.2) is 46.1 Å². The van der Waals surface area contributed by atoms with Crippen LogP contribution in [0.3, 0.4) is 0 Å². The molecular weight excluding hydrogens is 400 g/mol. The lowest BCUT2D eigenvalue weighted by Gasteiger charge is -2.17. The van der Waals surface area contributed by atoms with Crippen LogP contribution in [0.2, 0.25) is 0 Å². The predicted octanol–water partition coefficient (Wildman–Crippen LogP) is 5.41. The van der Waals surface area contributed by atoms with Crippen LogP contribution in [0, 0.1) is 0 Å². The van der Waals surface area contributed by atoms with Crippen LogP contribution in [0.1, 0.15) is 110 Å². The number of hydrogen-bond acceptors (Lipinski definition) is 7. The first-order chi connectivity index (χ1) is 15.0. The van der Waals surface area contributed by atoms with E-state index in [1.54, 1.807) is 0 Å². The molecule has 0 aromatic rings. The second-order valence-electron chi connectivity index (χ2n) is 8.51. The highest BCUT2D eigenvalue weighted by molar-refractivity contribution is 5.89. The van der Waals surface area contributed by atoms with Crippen LogP contribution in [0.25, 0.3) is 0 Å². The Hall–Kier alpha value is -1.76. The van der Waals surface area contributed by atoms with Gasteiger partial charge in [-0.25, -0.2) is 4.79 Å². The summed E-state index contributed by atoms with van der Waals surface area (Å²) >= 11 is 0. The van der Waals surface area contributed by atoms with Crippen molar-refractivity contribution >= 4 is 11.9 Å². The zero-order chi connectivity index (χ0) is 22.9. The van der Waals surface area contributed by atoms with Crippen molar-refractivity contribution in [2.75, 3.05) is 6.61 Å². The molecule has 1 rings (SSSR count). The molecule has 0 fully saturated rings. The van der Waals surface area contributed by atoms with Crippen LogP contribution in [-0.2, 0) is 19.1 Å². The minimum Gasteiger partial charge on any atom is -0.505 e. The van der Waals surface area contributed by atoms with Crippen LogP contribution in [0.15, 0.2) is 11.5 Å². The third kappa shape index (κ3) is 12.0. The SMILES string of the molecule is CCCCCCCCCCCCCCCCCC(=O)OC[C@H](O)[C@@H]1OC(=O)C(O)=C1O. The van der Waals surface area contributed by atoms with Gasteiger partial charge in [0.25, 0.3) is 0 Å². The number of rotatable bonds is 19. The number of cyclic esters (lactones) is 1. The molecule has 0 radical (unpaired) electrons. The molecule has 0 bridgehead atoms. The van der Waals surface area contributed by atoms with Crippen molar-refractivity contribution in [2.45, 2.75) is 122 Å². The summed E-state index contributed by atoms with van der Waals surface area (Å²) in [7, 11) is 0. The average Bonchev–Trinajstić information content (AvgIpc) is 3.02. The van der Waals surface area contributed by atoms with Crippen LogP contribution in [0.4, 0.5) is 0 Å². The number of esters is 2. The molecule has 0 saturated heterocycles. The lowest BCUT2D eigenvalue weighted by molar-refractivity contribution is -0.154. The largest absolute Gasteiger partial charge is 0.505 e. The van der Waals surface area contributed by atoms with Crippen LogP contribution in [0.5, 0.6) is 0 Å². The number of ether oxygens (including phenoxy) is 2. The minimum atomic E-state index is -1.42. The Morgan fingerprint density at radius 3 is 1.74 bits per heavy atom. The van der Waals surface area contributed by atoms with Gasteiger partial charge in [-0.1, -0.05) is 96.8 Å². The van der Waals surface area contributed by atoms with Crippen LogP contribution >= 0.6 is 0 Å². The third-order valence-electron chi connectivity index (χ3n) is 5.69. The first-order valence-electron chi connectivity index (χ1n) is 12.1. The van der Waals surface area contributed by atoms with E-state index in [-0.39, 0.29) is 6.42 Å². The second-order valence-corrected chi connectivity index (χ2v) is 8.51. The van der Waals surface area contributed by atoms with Gasteiger partial charge in [0, 0.05) is 6.42 Å². The molecule has 1 heterocycles. The molecule has 3 N–H and O–H groups in total. The molecule has 31 heavy (non-hydrogen) atoms. The van der Waals surface area contributed by atoms with E-state index in [1.807, 2.05) is 0 Å². The van der Waals surface area contributed by atoms with Gasteiger partial charge in [0.05, 0.1) is 0 Å². The maximum Gasteiger partial charge on any atom is 0.377 e. The molecule has 0 unspecified atom stereocenters. The summed E-state index contributed by atoms with van der Waals surface area (Å²) in [5, 5.41) is 28.5. The first-order valence-corrected chi connectivity index (χ1v) is 12.1. The zero-order valence-electron chi connectivity index (χ0n) is 19.2. The molecule has 180 valence electrons. The van der Waals surface area contributed by atoms with E-state index in [9.17, 15) is 24.9 Å². The average molecular weight is 443 g/mol. The number of carbonyl (C=O) groups is 2. The fraction of sp³-hybridized carbons (Fsp3) is 0.833. The summed E-state index contributed by atoms with van der Waals surface area (Å²) in [6.45, 7) is 1.84. The van der Waals surface area contributed by atoms with E-state index < -0.39 is 42.3 Å². The van der Waals surface area contributed by atoms with E-state index in [0.29, 0.717) is 0 Å². The summed E-state index contributed by atoms with van der Waals surface area (Å²) in [4.78, 5) is 22.8. The Morgan fingerprint density at radius 2 is 1.32 bits per heavy atom. The monoisotopic (exact) mass is 442 g/mol. The van der Waals surface area contributed by atoms with Gasteiger partial charge in [0.1, 0.15) is 12.7 Å². The summed E-state index contributed by atoms with van der Waals surface area (Å²) in [5.74, 6) is -3.21. The van der Waals surface area contributed by atoms with Crippen molar-refractivity contribution in [1.82, 2.24) is 0 Å². The Morgan fingerprint density at radius 1 is 0.871 bits per heavy atom. The maximum absolute atomic E-state index is 11.7. The number of hydrogen-bond donors (Lipinski definition) is 3. The predicted molar refractivity (Wildman–Crippen MR) is 119 cm³/mol. The van der Waals surface area contributed by atoms with E-state index in [1.165, 1.54) is 77.0 Å². The first kappa shape index (κ1) is 27.3. The normalized spacial score (nSPS) is 17.1. The van der Waals surface area contributed by atoms with Gasteiger partial charge in [-0.2, -0.15) is 0 Å². The van der Waals surface area contributed by atoms with Crippen molar-refractivity contribution in [2.24, 2.45) is 0 Å². The summed E-state index contributed by atoms with van der Waals surface area (Å²) in [6, 6.07) is 0. The Kier molecular flexibility index (Phi) is 14.8. The molecule has 0 saturated carbocycles. The lowest BCUT2D eigenvalue weighted by Crippen LogP contribution is -2.33. The molecular formula is C24H42O7. The van der Waals surface area contributed by atoms with Gasteiger partial charge < -0.3 is 24.8 Å². The second kappa shape index (κ2) is 16.9.